The number of benzene rings is 1. The van der Waals surface area contributed by atoms with Crippen molar-refractivity contribution in [1.29, 1.82) is 0 Å². The summed E-state index contributed by atoms with van der Waals surface area (Å²) >= 11 is 5.93. The van der Waals surface area contributed by atoms with Crippen molar-refractivity contribution in [3.63, 3.8) is 0 Å². The van der Waals surface area contributed by atoms with Gasteiger partial charge in [-0.15, -0.1) is 11.6 Å². The molecule has 2 unspecified atom stereocenters. The monoisotopic (exact) mass is 296 g/mol. The fourth-order valence-corrected chi connectivity index (χ4v) is 3.20. The highest BCUT2D eigenvalue weighted by Crippen LogP contribution is 2.30. The van der Waals surface area contributed by atoms with Gasteiger partial charge in [0, 0.05) is 24.0 Å². The van der Waals surface area contributed by atoms with Crippen LogP contribution in [0.1, 0.15) is 29.3 Å². The molecular formula is C14H17ClN2O3. The molecule has 1 aromatic rings. The molecule has 0 saturated carbocycles. The highest BCUT2D eigenvalue weighted by atomic mass is 35.5. The third kappa shape index (κ3) is 2.50. The molecule has 0 bridgehead atoms. The van der Waals surface area contributed by atoms with Crippen LogP contribution in [0.25, 0.3) is 0 Å². The van der Waals surface area contributed by atoms with E-state index in [9.17, 15) is 14.9 Å². The second-order valence-electron chi connectivity index (χ2n) is 5.21. The zero-order valence-electron chi connectivity index (χ0n) is 11.5. The van der Waals surface area contributed by atoms with Crippen LogP contribution >= 0.6 is 11.6 Å². The van der Waals surface area contributed by atoms with Gasteiger partial charge >= 0.3 is 0 Å². The highest BCUT2D eigenvalue weighted by Gasteiger charge is 2.36. The van der Waals surface area contributed by atoms with Gasteiger partial charge in [-0.25, -0.2) is 0 Å². The Balaban J connectivity index is 2.40. The maximum absolute atomic E-state index is 12.6. The van der Waals surface area contributed by atoms with Gasteiger partial charge in [0.2, 0.25) is 0 Å². The molecule has 1 aromatic carbocycles. The number of para-hydroxylation sites is 1. The molecule has 2 atom stereocenters. The van der Waals surface area contributed by atoms with Crippen LogP contribution in [0.5, 0.6) is 0 Å². The molecule has 6 heteroatoms. The molecule has 1 aliphatic heterocycles. The molecular weight excluding hydrogens is 280 g/mol. The number of halogens is 1. The molecule has 1 saturated heterocycles. The number of nitro benzene ring substituents is 1. The largest absolute Gasteiger partial charge is 0.334 e. The van der Waals surface area contributed by atoms with E-state index in [4.69, 9.17) is 11.6 Å². The van der Waals surface area contributed by atoms with E-state index in [1.807, 2.05) is 6.92 Å². The molecule has 0 aromatic heterocycles. The van der Waals surface area contributed by atoms with Crippen LogP contribution in [0.2, 0.25) is 0 Å². The molecule has 0 N–H and O–H groups in total. The van der Waals surface area contributed by atoms with Crippen molar-refractivity contribution in [1.82, 2.24) is 4.90 Å². The SMILES string of the molecule is Cc1cccc(C(=O)N2CCC(C)C2CCl)c1[N+](=O)[O-]. The minimum Gasteiger partial charge on any atom is -0.334 e. The average Bonchev–Trinajstić information content (AvgIpc) is 2.78. The number of nitro groups is 1. The summed E-state index contributed by atoms with van der Waals surface area (Å²) in [7, 11) is 0. The summed E-state index contributed by atoms with van der Waals surface area (Å²) in [5, 5.41) is 11.2. The fourth-order valence-electron chi connectivity index (χ4n) is 2.72. The maximum Gasteiger partial charge on any atom is 0.285 e. The summed E-state index contributed by atoms with van der Waals surface area (Å²) in [6.45, 7) is 4.29. The van der Waals surface area contributed by atoms with Crippen LogP contribution in [0.15, 0.2) is 18.2 Å². The smallest absolute Gasteiger partial charge is 0.285 e. The van der Waals surface area contributed by atoms with E-state index in [0.29, 0.717) is 23.9 Å². The van der Waals surface area contributed by atoms with Gasteiger partial charge in [0.05, 0.1) is 4.92 Å². The van der Waals surface area contributed by atoms with Crippen LogP contribution in [0, 0.1) is 23.0 Å². The van der Waals surface area contributed by atoms with Crippen LogP contribution in [0.4, 0.5) is 5.69 Å². The van der Waals surface area contributed by atoms with Crippen molar-refractivity contribution >= 4 is 23.2 Å². The Labute approximate surface area is 122 Å². The Morgan fingerprint density at radius 1 is 1.55 bits per heavy atom. The first-order valence-electron chi connectivity index (χ1n) is 6.58. The third-order valence-corrected chi connectivity index (χ3v) is 4.27. The summed E-state index contributed by atoms with van der Waals surface area (Å²) in [5.74, 6) is 0.378. The maximum atomic E-state index is 12.6. The normalized spacial score (nSPS) is 22.1. The summed E-state index contributed by atoms with van der Waals surface area (Å²) in [5.41, 5.74) is 0.542. The first-order chi connectivity index (χ1) is 9.47. The number of rotatable bonds is 3. The Hall–Kier alpha value is -1.62. The molecule has 5 nitrogen and oxygen atoms in total. The Morgan fingerprint density at radius 3 is 2.85 bits per heavy atom. The van der Waals surface area contributed by atoms with Gasteiger partial charge < -0.3 is 4.90 Å². The van der Waals surface area contributed by atoms with Crippen molar-refractivity contribution in [2.45, 2.75) is 26.3 Å². The van der Waals surface area contributed by atoms with Crippen LogP contribution in [-0.2, 0) is 0 Å². The number of hydrogen-bond acceptors (Lipinski definition) is 3. The van der Waals surface area contributed by atoms with Gasteiger partial charge in [-0.3, -0.25) is 14.9 Å². The van der Waals surface area contributed by atoms with E-state index < -0.39 is 4.92 Å². The standard InChI is InChI=1S/C14H17ClN2O3/c1-9-6-7-16(12(9)8-15)14(18)11-5-3-4-10(2)13(11)17(19)20/h3-5,9,12H,6-8H2,1-2H3. The molecule has 108 valence electrons. The molecule has 1 heterocycles. The van der Waals surface area contributed by atoms with Gasteiger partial charge in [-0.1, -0.05) is 19.1 Å². The van der Waals surface area contributed by atoms with Gasteiger partial charge in [-0.2, -0.15) is 0 Å². The molecule has 1 fully saturated rings. The summed E-state index contributed by atoms with van der Waals surface area (Å²) in [4.78, 5) is 25.0. The number of carbonyl (C=O) groups is 1. The quantitative estimate of drug-likeness (QED) is 0.489. The average molecular weight is 297 g/mol. The number of hydrogen-bond donors (Lipinski definition) is 0. The number of likely N-dealkylation sites (tertiary alicyclic amines) is 1. The van der Waals surface area contributed by atoms with E-state index >= 15 is 0 Å². The number of amides is 1. The number of nitrogens with zero attached hydrogens (tertiary/aromatic N) is 2. The van der Waals surface area contributed by atoms with Gasteiger partial charge in [-0.05, 0) is 25.3 Å². The predicted octanol–water partition coefficient (Wildman–Crippen LogP) is 2.99. The fraction of sp³-hybridized carbons (Fsp3) is 0.500. The lowest BCUT2D eigenvalue weighted by Crippen LogP contribution is -2.39. The minimum atomic E-state index is -0.488. The molecule has 2 rings (SSSR count). The predicted molar refractivity (Wildman–Crippen MR) is 77.2 cm³/mol. The Bertz CT molecular complexity index is 547. The van der Waals surface area contributed by atoms with E-state index in [2.05, 4.69) is 0 Å². The van der Waals surface area contributed by atoms with Gasteiger partial charge in [0.15, 0.2) is 0 Å². The molecule has 1 aliphatic rings. The first kappa shape index (κ1) is 14.8. The highest BCUT2D eigenvalue weighted by molar-refractivity contribution is 6.18. The zero-order valence-corrected chi connectivity index (χ0v) is 12.3. The van der Waals surface area contributed by atoms with Crippen molar-refractivity contribution in [3.05, 3.63) is 39.4 Å². The molecule has 0 aliphatic carbocycles. The molecule has 0 spiro atoms. The number of alkyl halides is 1. The van der Waals surface area contributed by atoms with Crippen molar-refractivity contribution in [2.75, 3.05) is 12.4 Å². The summed E-state index contributed by atoms with van der Waals surface area (Å²) in [6, 6.07) is 4.77. The minimum absolute atomic E-state index is 0.0516. The molecule has 20 heavy (non-hydrogen) atoms. The number of carbonyl (C=O) groups excluding carboxylic acids is 1. The van der Waals surface area contributed by atoms with E-state index in [1.165, 1.54) is 6.07 Å². The number of aryl methyl sites for hydroxylation is 1. The first-order valence-corrected chi connectivity index (χ1v) is 7.11. The van der Waals surface area contributed by atoms with Crippen molar-refractivity contribution in [3.8, 4) is 0 Å². The van der Waals surface area contributed by atoms with Gasteiger partial charge in [0.25, 0.3) is 11.6 Å². The molecule has 1 amide bonds. The lowest BCUT2D eigenvalue weighted by atomic mass is 10.0. The van der Waals surface area contributed by atoms with Crippen LogP contribution in [-0.4, -0.2) is 34.2 Å². The van der Waals surface area contributed by atoms with E-state index in [1.54, 1.807) is 24.0 Å². The lowest BCUT2D eigenvalue weighted by molar-refractivity contribution is -0.385. The Morgan fingerprint density at radius 2 is 2.25 bits per heavy atom. The topological polar surface area (TPSA) is 63.5 Å². The van der Waals surface area contributed by atoms with Gasteiger partial charge in [0.1, 0.15) is 5.56 Å². The summed E-state index contributed by atoms with van der Waals surface area (Å²) < 4.78 is 0. The van der Waals surface area contributed by atoms with E-state index in [-0.39, 0.29) is 23.2 Å². The second kappa shape index (κ2) is 5.79. The third-order valence-electron chi connectivity index (χ3n) is 3.95. The summed E-state index contributed by atoms with van der Waals surface area (Å²) in [6.07, 6.45) is 0.878. The van der Waals surface area contributed by atoms with E-state index in [0.717, 1.165) is 6.42 Å². The zero-order chi connectivity index (χ0) is 14.9. The van der Waals surface area contributed by atoms with Crippen molar-refractivity contribution < 1.29 is 9.72 Å². The van der Waals surface area contributed by atoms with Crippen molar-refractivity contribution in [2.24, 2.45) is 5.92 Å². The molecule has 0 radical (unpaired) electrons. The lowest BCUT2D eigenvalue weighted by Gasteiger charge is -2.25. The second-order valence-corrected chi connectivity index (χ2v) is 5.52. The van der Waals surface area contributed by atoms with Crippen LogP contribution < -0.4 is 0 Å². The Kier molecular flexibility index (Phi) is 4.28. The van der Waals surface area contributed by atoms with Crippen LogP contribution in [0.3, 0.4) is 0 Å².